The Labute approximate surface area is 198 Å². The number of benzene rings is 2. The molecule has 3 rings (SSSR count). The van der Waals surface area contributed by atoms with Gasteiger partial charge in [0, 0.05) is 16.8 Å². The van der Waals surface area contributed by atoms with Crippen molar-refractivity contribution in [2.75, 3.05) is 12.4 Å². The first-order chi connectivity index (χ1) is 15.6. The van der Waals surface area contributed by atoms with Crippen molar-refractivity contribution in [2.45, 2.75) is 56.6 Å². The standard InChI is InChI=1S/C23H27ClN2O6S/c1-14-8-10-17(24)13-19(14)25-22(27)15(2)32-23(28)16-9-11-20(31-3)21(12-16)33(29,30)26-18-6-4-5-7-18/h8-13,15,18,26H,4-7H2,1-3H3,(H,25,27). The van der Waals surface area contributed by atoms with Crippen molar-refractivity contribution < 1.29 is 27.5 Å². The summed E-state index contributed by atoms with van der Waals surface area (Å²) in [5.74, 6) is -1.27. The maximum Gasteiger partial charge on any atom is 0.338 e. The van der Waals surface area contributed by atoms with Crippen molar-refractivity contribution in [2.24, 2.45) is 0 Å². The number of amides is 1. The van der Waals surface area contributed by atoms with Crippen LogP contribution >= 0.6 is 11.6 Å². The van der Waals surface area contributed by atoms with Crippen molar-refractivity contribution in [3.63, 3.8) is 0 Å². The molecule has 1 amide bonds. The van der Waals surface area contributed by atoms with Crippen LogP contribution in [0.2, 0.25) is 5.02 Å². The smallest absolute Gasteiger partial charge is 0.338 e. The molecule has 0 radical (unpaired) electrons. The van der Waals surface area contributed by atoms with E-state index in [1.165, 1.54) is 32.2 Å². The molecule has 1 unspecified atom stereocenters. The lowest BCUT2D eigenvalue weighted by atomic mass is 10.2. The van der Waals surface area contributed by atoms with Gasteiger partial charge >= 0.3 is 5.97 Å². The number of ether oxygens (including phenoxy) is 2. The van der Waals surface area contributed by atoms with E-state index in [2.05, 4.69) is 10.0 Å². The highest BCUT2D eigenvalue weighted by Gasteiger charge is 2.27. The molecule has 1 aliphatic carbocycles. The Balaban J connectivity index is 1.74. The molecular formula is C23H27ClN2O6S. The number of carbonyl (C=O) groups is 2. The van der Waals surface area contributed by atoms with E-state index in [1.54, 1.807) is 18.2 Å². The third kappa shape index (κ3) is 6.25. The summed E-state index contributed by atoms with van der Waals surface area (Å²) in [6.45, 7) is 3.23. The van der Waals surface area contributed by atoms with Crippen LogP contribution in [0.25, 0.3) is 0 Å². The molecule has 1 aliphatic rings. The quantitative estimate of drug-likeness (QED) is 0.535. The van der Waals surface area contributed by atoms with E-state index in [-0.39, 0.29) is 22.3 Å². The summed E-state index contributed by atoms with van der Waals surface area (Å²) in [6, 6.07) is 8.89. The molecule has 0 heterocycles. The molecule has 178 valence electrons. The number of nitrogens with one attached hydrogen (secondary N) is 2. The Morgan fingerprint density at radius 3 is 2.48 bits per heavy atom. The normalized spacial score (nSPS) is 15.2. The Bertz CT molecular complexity index is 1150. The van der Waals surface area contributed by atoms with E-state index >= 15 is 0 Å². The molecule has 1 saturated carbocycles. The third-order valence-corrected chi connectivity index (χ3v) is 7.25. The van der Waals surface area contributed by atoms with E-state index in [0.29, 0.717) is 10.7 Å². The summed E-state index contributed by atoms with van der Waals surface area (Å²) in [7, 11) is -2.56. The zero-order valence-electron chi connectivity index (χ0n) is 18.7. The highest BCUT2D eigenvalue weighted by Crippen LogP contribution is 2.28. The number of sulfonamides is 1. The number of hydrogen-bond acceptors (Lipinski definition) is 6. The number of hydrogen-bond donors (Lipinski definition) is 2. The summed E-state index contributed by atoms with van der Waals surface area (Å²) >= 11 is 5.97. The van der Waals surface area contributed by atoms with Crippen LogP contribution < -0.4 is 14.8 Å². The lowest BCUT2D eigenvalue weighted by molar-refractivity contribution is -0.123. The second-order valence-corrected chi connectivity index (χ2v) is 10.1. The average Bonchev–Trinajstić information content (AvgIpc) is 3.28. The molecule has 0 aromatic heterocycles. The fraction of sp³-hybridized carbons (Fsp3) is 0.391. The van der Waals surface area contributed by atoms with Crippen LogP contribution in [0.4, 0.5) is 5.69 Å². The maximum atomic E-state index is 12.9. The van der Waals surface area contributed by atoms with Crippen molar-refractivity contribution in [3.8, 4) is 5.75 Å². The van der Waals surface area contributed by atoms with Gasteiger partial charge in [0.2, 0.25) is 10.0 Å². The summed E-state index contributed by atoms with van der Waals surface area (Å²) in [4.78, 5) is 25.0. The van der Waals surface area contributed by atoms with Gasteiger partial charge in [-0.15, -0.1) is 0 Å². The van der Waals surface area contributed by atoms with Crippen molar-refractivity contribution in [3.05, 3.63) is 52.5 Å². The topological polar surface area (TPSA) is 111 Å². The monoisotopic (exact) mass is 494 g/mol. The van der Waals surface area contributed by atoms with Gasteiger partial charge in [0.15, 0.2) is 6.10 Å². The lowest BCUT2D eigenvalue weighted by Crippen LogP contribution is -2.33. The van der Waals surface area contributed by atoms with E-state index in [9.17, 15) is 18.0 Å². The minimum absolute atomic E-state index is 0.0128. The van der Waals surface area contributed by atoms with Gasteiger partial charge in [-0.1, -0.05) is 30.5 Å². The van der Waals surface area contributed by atoms with Gasteiger partial charge in [-0.25, -0.2) is 17.9 Å². The van der Waals surface area contributed by atoms with Crippen LogP contribution in [0.5, 0.6) is 5.75 Å². The summed E-state index contributed by atoms with van der Waals surface area (Å²) < 4.78 is 39.0. The Hall–Kier alpha value is -2.62. The number of rotatable bonds is 8. The van der Waals surface area contributed by atoms with E-state index in [0.717, 1.165) is 31.2 Å². The molecule has 10 heteroatoms. The first kappa shape index (κ1) is 25.0. The van der Waals surface area contributed by atoms with Gasteiger partial charge in [0.1, 0.15) is 10.6 Å². The first-order valence-electron chi connectivity index (χ1n) is 10.6. The van der Waals surface area contributed by atoms with E-state index < -0.39 is 28.0 Å². The molecular weight excluding hydrogens is 468 g/mol. The highest BCUT2D eigenvalue weighted by molar-refractivity contribution is 7.89. The molecule has 1 fully saturated rings. The average molecular weight is 495 g/mol. The molecule has 2 N–H and O–H groups in total. The number of methoxy groups -OCH3 is 1. The predicted octanol–water partition coefficient (Wildman–Crippen LogP) is 4.06. The summed E-state index contributed by atoms with van der Waals surface area (Å²) in [5, 5.41) is 3.13. The van der Waals surface area contributed by atoms with Crippen LogP contribution in [-0.4, -0.2) is 39.5 Å². The molecule has 0 aliphatic heterocycles. The molecule has 2 aromatic carbocycles. The van der Waals surface area contributed by atoms with Gasteiger partial charge in [0.05, 0.1) is 12.7 Å². The predicted molar refractivity (Wildman–Crippen MR) is 125 cm³/mol. The van der Waals surface area contributed by atoms with Gasteiger partial charge in [-0.05, 0) is 62.6 Å². The number of esters is 1. The number of halogens is 1. The molecule has 8 nitrogen and oxygen atoms in total. The van der Waals surface area contributed by atoms with Crippen LogP contribution in [0.15, 0.2) is 41.3 Å². The van der Waals surface area contributed by atoms with Crippen molar-refractivity contribution in [1.29, 1.82) is 0 Å². The van der Waals surface area contributed by atoms with Gasteiger partial charge in [0.25, 0.3) is 5.91 Å². The number of carbonyl (C=O) groups excluding carboxylic acids is 2. The third-order valence-electron chi connectivity index (χ3n) is 5.48. The second kappa shape index (κ2) is 10.5. The van der Waals surface area contributed by atoms with E-state index in [4.69, 9.17) is 21.1 Å². The Morgan fingerprint density at radius 2 is 1.82 bits per heavy atom. The number of aryl methyl sites for hydroxylation is 1. The molecule has 0 spiro atoms. The summed E-state index contributed by atoms with van der Waals surface area (Å²) in [5.41, 5.74) is 1.29. The van der Waals surface area contributed by atoms with Crippen LogP contribution in [0.3, 0.4) is 0 Å². The zero-order chi connectivity index (χ0) is 24.2. The summed E-state index contributed by atoms with van der Waals surface area (Å²) in [6.07, 6.45) is 2.33. The molecule has 33 heavy (non-hydrogen) atoms. The SMILES string of the molecule is COc1ccc(C(=O)OC(C)C(=O)Nc2cc(Cl)ccc2C)cc1S(=O)(=O)NC1CCCC1. The molecule has 0 saturated heterocycles. The van der Waals surface area contributed by atoms with Crippen molar-refractivity contribution >= 4 is 39.2 Å². The first-order valence-corrected chi connectivity index (χ1v) is 12.4. The fourth-order valence-electron chi connectivity index (χ4n) is 3.59. The molecule has 1 atom stereocenters. The zero-order valence-corrected chi connectivity index (χ0v) is 20.3. The minimum Gasteiger partial charge on any atom is -0.495 e. The van der Waals surface area contributed by atoms with Crippen LogP contribution in [-0.2, 0) is 19.6 Å². The van der Waals surface area contributed by atoms with Gasteiger partial charge < -0.3 is 14.8 Å². The molecule has 0 bridgehead atoms. The molecule has 2 aromatic rings. The Morgan fingerprint density at radius 1 is 1.12 bits per heavy atom. The minimum atomic E-state index is -3.91. The van der Waals surface area contributed by atoms with E-state index in [1.807, 2.05) is 6.92 Å². The highest BCUT2D eigenvalue weighted by atomic mass is 35.5. The maximum absolute atomic E-state index is 12.9. The second-order valence-electron chi connectivity index (χ2n) is 7.96. The Kier molecular flexibility index (Phi) is 7.99. The lowest BCUT2D eigenvalue weighted by Gasteiger charge is -2.17. The van der Waals surface area contributed by atoms with Crippen molar-refractivity contribution in [1.82, 2.24) is 4.72 Å². The largest absolute Gasteiger partial charge is 0.495 e. The fourth-order valence-corrected chi connectivity index (χ4v) is 5.26. The van der Waals surface area contributed by atoms with Crippen LogP contribution in [0.1, 0.15) is 48.5 Å². The van der Waals surface area contributed by atoms with Gasteiger partial charge in [-0.3, -0.25) is 4.79 Å². The number of anilines is 1. The van der Waals surface area contributed by atoms with Crippen LogP contribution in [0, 0.1) is 6.92 Å². The van der Waals surface area contributed by atoms with Gasteiger partial charge in [-0.2, -0.15) is 0 Å².